The van der Waals surface area contributed by atoms with E-state index in [2.05, 4.69) is 33.6 Å². The maximum absolute atomic E-state index is 12.5. The van der Waals surface area contributed by atoms with E-state index in [4.69, 9.17) is 0 Å². The first-order valence-electron chi connectivity index (χ1n) is 11.6. The number of thioether (sulfide) groups is 2. The minimum absolute atomic E-state index is 0.0257. The van der Waals surface area contributed by atoms with E-state index in [-0.39, 0.29) is 23.1 Å². The van der Waals surface area contributed by atoms with Gasteiger partial charge in [-0.15, -0.1) is 33.6 Å². The van der Waals surface area contributed by atoms with Crippen molar-refractivity contribution in [3.8, 4) is 0 Å². The second-order valence-electron chi connectivity index (χ2n) is 7.93. The molecule has 0 amide bonds. The molecule has 2 aromatic carbocycles. The zero-order valence-corrected chi connectivity index (χ0v) is 21.8. The van der Waals surface area contributed by atoms with Gasteiger partial charge in [0.1, 0.15) is 11.6 Å². The Balaban J connectivity index is 1.48. The lowest BCUT2D eigenvalue weighted by Gasteiger charge is -2.09. The first-order valence-corrected chi connectivity index (χ1v) is 13.6. The zero-order valence-electron chi connectivity index (χ0n) is 20.2. The van der Waals surface area contributed by atoms with Crippen molar-refractivity contribution >= 4 is 35.1 Å². The molecule has 0 N–H and O–H groups in total. The molecule has 8 nitrogen and oxygen atoms in total. The van der Waals surface area contributed by atoms with Crippen LogP contribution in [-0.2, 0) is 19.5 Å². The molecule has 0 aliphatic rings. The normalized spacial score (nSPS) is 10.8. The fraction of sp³-hybridized carbons (Fsp3) is 0.185. The molecule has 0 saturated carbocycles. The molecule has 0 aliphatic heterocycles. The third-order valence-electron chi connectivity index (χ3n) is 5.38. The first-order chi connectivity index (χ1) is 18.1. The van der Waals surface area contributed by atoms with Crippen molar-refractivity contribution in [2.45, 2.75) is 29.8 Å². The minimum Gasteiger partial charge on any atom is -0.302 e. The van der Waals surface area contributed by atoms with Crippen LogP contribution in [0.15, 0.2) is 96.3 Å². The van der Waals surface area contributed by atoms with Crippen molar-refractivity contribution in [2.75, 3.05) is 11.5 Å². The van der Waals surface area contributed by atoms with Gasteiger partial charge in [-0.1, -0.05) is 96.3 Å². The van der Waals surface area contributed by atoms with Gasteiger partial charge in [0.15, 0.2) is 21.9 Å². The second-order valence-corrected chi connectivity index (χ2v) is 9.81. The van der Waals surface area contributed by atoms with E-state index in [0.29, 0.717) is 52.6 Å². The molecular formula is C27H26N6O2S2. The number of allylic oxidation sites excluding steroid dienone is 2. The van der Waals surface area contributed by atoms with Crippen LogP contribution in [0.3, 0.4) is 0 Å². The van der Waals surface area contributed by atoms with Gasteiger partial charge in [0.05, 0.1) is 17.9 Å². The van der Waals surface area contributed by atoms with Gasteiger partial charge in [0, 0.05) is 24.2 Å². The molecule has 188 valence electrons. The van der Waals surface area contributed by atoms with Crippen molar-refractivity contribution < 1.29 is 9.59 Å². The molecule has 0 unspecified atom stereocenters. The molecule has 2 heterocycles. The number of aromatic nitrogens is 6. The van der Waals surface area contributed by atoms with E-state index in [1.807, 2.05) is 45.5 Å². The van der Waals surface area contributed by atoms with Gasteiger partial charge in [0.25, 0.3) is 0 Å². The lowest BCUT2D eigenvalue weighted by Crippen LogP contribution is -2.11. The number of carbonyl (C=O) groups excluding carboxylic acids is 2. The maximum atomic E-state index is 12.5. The number of hydrogen-bond donors (Lipinski definition) is 0. The average Bonchev–Trinajstić information content (AvgIpc) is 3.50. The molecule has 0 radical (unpaired) electrons. The van der Waals surface area contributed by atoms with Crippen molar-refractivity contribution in [2.24, 2.45) is 0 Å². The molecular weight excluding hydrogens is 504 g/mol. The molecule has 0 spiro atoms. The quantitative estimate of drug-likeness (QED) is 0.131. The average molecular weight is 531 g/mol. The van der Waals surface area contributed by atoms with Gasteiger partial charge >= 0.3 is 0 Å². The van der Waals surface area contributed by atoms with Crippen LogP contribution in [0.1, 0.15) is 32.4 Å². The van der Waals surface area contributed by atoms with Crippen LogP contribution >= 0.6 is 23.5 Å². The van der Waals surface area contributed by atoms with Crippen LogP contribution in [0, 0.1) is 0 Å². The second kappa shape index (κ2) is 13.0. The SMILES string of the molecule is C=CCn1c(Cc2nnc(SCC(=O)c3ccccc3)n2CC=C)nnc1SCC(=O)c1ccccc1. The van der Waals surface area contributed by atoms with Gasteiger partial charge in [-0.2, -0.15) is 0 Å². The Labute approximate surface area is 223 Å². The van der Waals surface area contributed by atoms with Crippen molar-refractivity contribution in [1.29, 1.82) is 0 Å². The largest absolute Gasteiger partial charge is 0.302 e. The van der Waals surface area contributed by atoms with Gasteiger partial charge in [-0.05, 0) is 0 Å². The molecule has 4 aromatic rings. The van der Waals surface area contributed by atoms with Crippen molar-refractivity contribution in [3.05, 3.63) is 109 Å². The van der Waals surface area contributed by atoms with Crippen LogP contribution < -0.4 is 0 Å². The van der Waals surface area contributed by atoms with Crippen LogP contribution in [0.25, 0.3) is 0 Å². The van der Waals surface area contributed by atoms with Gasteiger partial charge in [-0.3, -0.25) is 9.59 Å². The molecule has 10 heteroatoms. The summed E-state index contributed by atoms with van der Waals surface area (Å²) < 4.78 is 3.85. The van der Waals surface area contributed by atoms with Crippen molar-refractivity contribution in [3.63, 3.8) is 0 Å². The monoisotopic (exact) mass is 530 g/mol. The summed E-state index contributed by atoms with van der Waals surface area (Å²) in [6.45, 7) is 8.69. The topological polar surface area (TPSA) is 95.6 Å². The summed E-state index contributed by atoms with van der Waals surface area (Å²) in [7, 11) is 0. The Morgan fingerprint density at radius 2 is 1.08 bits per heavy atom. The van der Waals surface area contributed by atoms with E-state index in [0.717, 1.165) is 0 Å². The molecule has 37 heavy (non-hydrogen) atoms. The Bertz CT molecular complexity index is 1280. The summed E-state index contributed by atoms with van der Waals surface area (Å²) in [4.78, 5) is 25.1. The van der Waals surface area contributed by atoms with Crippen molar-refractivity contribution in [1.82, 2.24) is 29.5 Å². The van der Waals surface area contributed by atoms with Gasteiger partial charge < -0.3 is 9.13 Å². The lowest BCUT2D eigenvalue weighted by atomic mass is 10.2. The van der Waals surface area contributed by atoms with Crippen LogP contribution in [0.5, 0.6) is 0 Å². The van der Waals surface area contributed by atoms with E-state index in [9.17, 15) is 9.59 Å². The Kier molecular flexibility index (Phi) is 9.23. The molecule has 0 aliphatic carbocycles. The van der Waals surface area contributed by atoms with Gasteiger partial charge in [0.2, 0.25) is 0 Å². The molecule has 2 aromatic heterocycles. The number of Topliss-reactive ketones (excluding diaryl/α,β-unsaturated/α-hetero) is 2. The van der Waals surface area contributed by atoms with E-state index in [1.54, 1.807) is 36.4 Å². The highest BCUT2D eigenvalue weighted by Gasteiger charge is 2.19. The van der Waals surface area contributed by atoms with E-state index >= 15 is 0 Å². The smallest absolute Gasteiger partial charge is 0.191 e. The summed E-state index contributed by atoms with van der Waals surface area (Å²) >= 11 is 2.68. The summed E-state index contributed by atoms with van der Waals surface area (Å²) in [5, 5.41) is 18.7. The first kappa shape index (κ1) is 26.3. The highest BCUT2D eigenvalue weighted by atomic mass is 32.2. The Hall–Kier alpha value is -3.76. The van der Waals surface area contributed by atoms with Crippen LogP contribution in [0.4, 0.5) is 0 Å². The minimum atomic E-state index is 0.0257. The number of nitrogens with zero attached hydrogens (tertiary/aromatic N) is 6. The van der Waals surface area contributed by atoms with Gasteiger partial charge in [-0.25, -0.2) is 0 Å². The fourth-order valence-corrected chi connectivity index (χ4v) is 5.28. The zero-order chi connectivity index (χ0) is 26.0. The fourth-order valence-electron chi connectivity index (χ4n) is 3.55. The predicted octanol–water partition coefficient (Wildman–Crippen LogP) is 4.78. The Morgan fingerprint density at radius 1 is 0.676 bits per heavy atom. The standard InChI is InChI=1S/C27H26N6O2S2/c1-3-15-32-24(28-30-26(32)36-18-22(34)20-11-7-5-8-12-20)17-25-29-31-27(33(25)16-4-2)37-19-23(35)21-13-9-6-10-14-21/h3-14H,1-2,15-19H2. The number of rotatable bonds is 14. The molecule has 0 fully saturated rings. The molecule has 0 atom stereocenters. The number of hydrogen-bond acceptors (Lipinski definition) is 8. The molecule has 0 bridgehead atoms. The lowest BCUT2D eigenvalue weighted by molar-refractivity contribution is 0.101. The van der Waals surface area contributed by atoms with Crippen LogP contribution in [-0.4, -0.2) is 52.6 Å². The maximum Gasteiger partial charge on any atom is 0.191 e. The Morgan fingerprint density at radius 3 is 1.46 bits per heavy atom. The summed E-state index contributed by atoms with van der Waals surface area (Å²) in [6, 6.07) is 18.4. The van der Waals surface area contributed by atoms with Crippen LogP contribution in [0.2, 0.25) is 0 Å². The third kappa shape index (κ3) is 6.72. The van der Waals surface area contributed by atoms with E-state index < -0.39 is 0 Å². The summed E-state index contributed by atoms with van der Waals surface area (Å²) in [5.74, 6) is 1.92. The highest BCUT2D eigenvalue weighted by molar-refractivity contribution is 8.00. The van der Waals surface area contributed by atoms with E-state index in [1.165, 1.54) is 23.5 Å². The predicted molar refractivity (Wildman–Crippen MR) is 146 cm³/mol. The molecule has 4 rings (SSSR count). The molecule has 0 saturated heterocycles. The number of ketones is 2. The highest BCUT2D eigenvalue weighted by Crippen LogP contribution is 2.23. The number of carbonyl (C=O) groups is 2. The third-order valence-corrected chi connectivity index (χ3v) is 7.32. The summed E-state index contributed by atoms with van der Waals surface area (Å²) in [5.41, 5.74) is 1.33. The summed E-state index contributed by atoms with van der Waals surface area (Å²) in [6.07, 6.45) is 3.91. The number of benzene rings is 2.